The summed E-state index contributed by atoms with van der Waals surface area (Å²) < 4.78 is 6.06. The van der Waals surface area contributed by atoms with Gasteiger partial charge in [0.15, 0.2) is 4.32 Å². The zero-order valence-electron chi connectivity index (χ0n) is 14.9. The lowest BCUT2D eigenvalue weighted by Crippen LogP contribution is -2.27. The lowest BCUT2D eigenvalue weighted by molar-refractivity contribution is -0.384. The topological polar surface area (TPSA) is 76.6 Å². The summed E-state index contributed by atoms with van der Waals surface area (Å²) in [5.41, 5.74) is 0.719. The van der Waals surface area contributed by atoms with Crippen molar-refractivity contribution in [1.82, 2.24) is 0 Å². The predicted molar refractivity (Wildman–Crippen MR) is 123 cm³/mol. The predicted octanol–water partition coefficient (Wildman–Crippen LogP) is 6.57. The standard InChI is InChI=1S/C20H10Cl2N2O4S2/c21-11-5-7-16(14(22)9-11)23-19(25)18(30-20(23)29)10-12-6-8-17(28-12)13-3-1-2-4-15(13)24(26)27/h1-10H/b18-10+. The number of carbonyl (C=O) groups excluding carboxylic acids is 1. The fourth-order valence-corrected chi connectivity index (χ4v) is 4.64. The molecule has 0 aliphatic carbocycles. The lowest BCUT2D eigenvalue weighted by Gasteiger charge is -2.16. The van der Waals surface area contributed by atoms with Crippen molar-refractivity contribution < 1.29 is 14.1 Å². The molecule has 4 rings (SSSR count). The number of hydrogen-bond donors (Lipinski definition) is 0. The van der Waals surface area contributed by atoms with Crippen LogP contribution in [0.2, 0.25) is 10.0 Å². The van der Waals surface area contributed by atoms with E-state index < -0.39 is 4.92 Å². The monoisotopic (exact) mass is 476 g/mol. The maximum Gasteiger partial charge on any atom is 0.280 e. The summed E-state index contributed by atoms with van der Waals surface area (Å²) in [6.45, 7) is 0. The van der Waals surface area contributed by atoms with Gasteiger partial charge < -0.3 is 4.42 Å². The second-order valence-electron chi connectivity index (χ2n) is 6.09. The van der Waals surface area contributed by atoms with Crippen molar-refractivity contribution in [3.63, 3.8) is 0 Å². The summed E-state index contributed by atoms with van der Waals surface area (Å²) in [4.78, 5) is 25.3. The molecule has 0 bridgehead atoms. The van der Waals surface area contributed by atoms with Crippen LogP contribution in [0.1, 0.15) is 5.76 Å². The molecule has 0 N–H and O–H groups in total. The van der Waals surface area contributed by atoms with Gasteiger partial charge in [0.05, 0.1) is 26.1 Å². The molecular formula is C20H10Cl2N2O4S2. The Bertz CT molecular complexity index is 1240. The van der Waals surface area contributed by atoms with Gasteiger partial charge in [0.2, 0.25) is 0 Å². The number of para-hydroxylation sites is 1. The summed E-state index contributed by atoms with van der Waals surface area (Å²) in [6.07, 6.45) is 1.54. The third-order valence-corrected chi connectivity index (χ3v) is 6.05. The smallest absolute Gasteiger partial charge is 0.280 e. The van der Waals surface area contributed by atoms with Crippen molar-refractivity contribution >= 4 is 74.9 Å². The number of thiocarbonyl (C=S) groups is 1. The fourth-order valence-electron chi connectivity index (χ4n) is 2.88. The highest BCUT2D eigenvalue weighted by molar-refractivity contribution is 8.27. The van der Waals surface area contributed by atoms with Crippen LogP contribution in [0, 0.1) is 10.1 Å². The Balaban J connectivity index is 1.65. The molecule has 150 valence electrons. The average molecular weight is 477 g/mol. The van der Waals surface area contributed by atoms with Crippen molar-refractivity contribution in [1.29, 1.82) is 0 Å². The van der Waals surface area contributed by atoms with Crippen LogP contribution in [0.4, 0.5) is 11.4 Å². The van der Waals surface area contributed by atoms with Gasteiger partial charge in [-0.1, -0.05) is 59.3 Å². The minimum atomic E-state index is -0.474. The summed E-state index contributed by atoms with van der Waals surface area (Å²) in [6, 6.07) is 14.3. The van der Waals surface area contributed by atoms with Crippen LogP contribution in [0.15, 0.2) is 63.9 Å². The zero-order valence-corrected chi connectivity index (χ0v) is 18.0. The van der Waals surface area contributed by atoms with E-state index in [0.29, 0.717) is 42.0 Å². The number of hydrogen-bond acceptors (Lipinski definition) is 6. The molecule has 1 fully saturated rings. The molecule has 1 saturated heterocycles. The molecule has 0 radical (unpaired) electrons. The largest absolute Gasteiger partial charge is 0.456 e. The van der Waals surface area contributed by atoms with E-state index in [2.05, 4.69) is 0 Å². The molecular weight excluding hydrogens is 467 g/mol. The van der Waals surface area contributed by atoms with Crippen LogP contribution in [-0.2, 0) is 4.79 Å². The number of amides is 1. The van der Waals surface area contributed by atoms with Gasteiger partial charge in [-0.05, 0) is 36.4 Å². The molecule has 1 aliphatic heterocycles. The Morgan fingerprint density at radius 3 is 2.63 bits per heavy atom. The van der Waals surface area contributed by atoms with Crippen LogP contribution in [0.5, 0.6) is 0 Å². The summed E-state index contributed by atoms with van der Waals surface area (Å²) in [5.74, 6) is 0.341. The Labute approximate surface area is 190 Å². The third kappa shape index (κ3) is 3.87. The number of halogens is 2. The molecule has 0 atom stereocenters. The molecule has 2 aromatic carbocycles. The second-order valence-corrected chi connectivity index (χ2v) is 8.61. The van der Waals surface area contributed by atoms with Gasteiger partial charge in [0.1, 0.15) is 11.5 Å². The molecule has 10 heteroatoms. The van der Waals surface area contributed by atoms with Gasteiger partial charge in [0, 0.05) is 17.2 Å². The maximum absolute atomic E-state index is 12.9. The first-order chi connectivity index (χ1) is 14.3. The van der Waals surface area contributed by atoms with E-state index in [1.165, 1.54) is 17.0 Å². The zero-order chi connectivity index (χ0) is 21.4. The normalized spacial score (nSPS) is 15.3. The van der Waals surface area contributed by atoms with Crippen molar-refractivity contribution in [3.05, 3.63) is 85.4 Å². The van der Waals surface area contributed by atoms with E-state index in [0.717, 1.165) is 11.8 Å². The van der Waals surface area contributed by atoms with E-state index in [1.807, 2.05) is 0 Å². The molecule has 1 aliphatic rings. The number of furan rings is 1. The molecule has 3 aromatic rings. The van der Waals surface area contributed by atoms with Crippen LogP contribution in [0.3, 0.4) is 0 Å². The number of nitro benzene ring substituents is 1. The van der Waals surface area contributed by atoms with Gasteiger partial charge in [-0.15, -0.1) is 0 Å². The Morgan fingerprint density at radius 2 is 1.90 bits per heavy atom. The Kier molecular flexibility index (Phi) is 5.66. The number of anilines is 1. The van der Waals surface area contributed by atoms with Crippen LogP contribution >= 0.6 is 47.2 Å². The van der Waals surface area contributed by atoms with Crippen molar-refractivity contribution in [2.75, 3.05) is 4.90 Å². The molecule has 0 spiro atoms. The maximum atomic E-state index is 12.9. The highest BCUT2D eigenvalue weighted by Crippen LogP contribution is 2.40. The molecule has 2 heterocycles. The van der Waals surface area contributed by atoms with Crippen molar-refractivity contribution in [2.24, 2.45) is 0 Å². The molecule has 30 heavy (non-hydrogen) atoms. The first kappa shape index (κ1) is 20.6. The summed E-state index contributed by atoms with van der Waals surface area (Å²) in [7, 11) is 0. The SMILES string of the molecule is O=C1/C(=C\c2ccc(-c3ccccc3[N+](=O)[O-])o2)SC(=S)N1c1ccc(Cl)cc1Cl. The molecule has 1 aromatic heterocycles. The van der Waals surface area contributed by atoms with Crippen LogP contribution < -0.4 is 4.90 Å². The summed E-state index contributed by atoms with van der Waals surface area (Å²) >= 11 is 18.6. The molecule has 6 nitrogen and oxygen atoms in total. The number of rotatable bonds is 4. The molecule has 0 unspecified atom stereocenters. The third-order valence-electron chi connectivity index (χ3n) is 4.21. The average Bonchev–Trinajstić information content (AvgIpc) is 3.27. The lowest BCUT2D eigenvalue weighted by atomic mass is 10.1. The van der Waals surface area contributed by atoms with E-state index in [-0.39, 0.29) is 11.6 Å². The first-order valence-electron chi connectivity index (χ1n) is 8.42. The highest BCUT2D eigenvalue weighted by atomic mass is 35.5. The molecule has 1 amide bonds. The minimum absolute atomic E-state index is 0.0675. The van der Waals surface area contributed by atoms with E-state index in [4.69, 9.17) is 39.8 Å². The van der Waals surface area contributed by atoms with E-state index >= 15 is 0 Å². The van der Waals surface area contributed by atoms with Crippen LogP contribution in [-0.4, -0.2) is 15.2 Å². The Hall–Kier alpha value is -2.65. The highest BCUT2D eigenvalue weighted by Gasteiger charge is 2.34. The van der Waals surface area contributed by atoms with Gasteiger partial charge in [0.25, 0.3) is 11.6 Å². The van der Waals surface area contributed by atoms with Crippen molar-refractivity contribution in [2.45, 2.75) is 0 Å². The van der Waals surface area contributed by atoms with Crippen molar-refractivity contribution in [3.8, 4) is 11.3 Å². The second kappa shape index (κ2) is 8.23. The quantitative estimate of drug-likeness (QED) is 0.183. The number of nitro groups is 1. The van der Waals surface area contributed by atoms with Gasteiger partial charge in [-0.2, -0.15) is 0 Å². The fraction of sp³-hybridized carbons (Fsp3) is 0. The van der Waals surface area contributed by atoms with Crippen LogP contribution in [0.25, 0.3) is 17.4 Å². The molecule has 0 saturated carbocycles. The van der Waals surface area contributed by atoms with E-state index in [9.17, 15) is 14.9 Å². The number of thioether (sulfide) groups is 1. The van der Waals surface area contributed by atoms with Gasteiger partial charge in [-0.25, -0.2) is 0 Å². The summed E-state index contributed by atoms with van der Waals surface area (Å²) in [5, 5.41) is 12.0. The Morgan fingerprint density at radius 1 is 1.13 bits per heavy atom. The van der Waals surface area contributed by atoms with Gasteiger partial charge in [-0.3, -0.25) is 19.8 Å². The number of benzene rings is 2. The minimum Gasteiger partial charge on any atom is -0.456 e. The number of nitrogens with zero attached hydrogens (tertiary/aromatic N) is 2. The van der Waals surface area contributed by atoms with Gasteiger partial charge >= 0.3 is 0 Å². The van der Waals surface area contributed by atoms with E-state index in [1.54, 1.807) is 48.5 Å². The number of carbonyl (C=O) groups is 1. The first-order valence-corrected chi connectivity index (χ1v) is 10.4.